The van der Waals surface area contributed by atoms with Gasteiger partial charge in [-0.05, 0) is 12.1 Å². The Kier molecular flexibility index (Phi) is 0.661. The van der Waals surface area contributed by atoms with E-state index in [9.17, 15) is 0 Å². The van der Waals surface area contributed by atoms with Gasteiger partial charge in [-0.2, -0.15) is 0 Å². The van der Waals surface area contributed by atoms with Gasteiger partial charge in [-0.25, -0.2) is 0 Å². The van der Waals surface area contributed by atoms with Crippen molar-refractivity contribution in [3.8, 4) is 0 Å². The summed E-state index contributed by atoms with van der Waals surface area (Å²) in [5.41, 5.74) is 6.09. The number of rotatable bonds is 0. The monoisotopic (exact) mass is 89.0 g/mol. The summed E-state index contributed by atoms with van der Waals surface area (Å²) >= 11 is 0. The lowest BCUT2D eigenvalue weighted by Gasteiger charge is -1.69. The average molecular weight is 89.1 g/mol. The molecule has 0 amide bonds. The molecule has 0 aliphatic heterocycles. The van der Waals surface area contributed by atoms with Gasteiger partial charge >= 0.3 is 0 Å². The first-order chi connectivity index (χ1) is 2.30. The summed E-state index contributed by atoms with van der Waals surface area (Å²) in [6.45, 7) is 0. The molecule has 30 valence electrons. The molecule has 0 bridgehead atoms. The molecule has 0 saturated heterocycles. The van der Waals surface area contributed by atoms with Crippen LogP contribution in [0.2, 0.25) is 0 Å². The summed E-state index contributed by atoms with van der Waals surface area (Å²) in [7, 11) is 2.68. The molecule has 2 N–H and O–H groups in total. The fourth-order valence-electron chi connectivity index (χ4n) is 0.236. The fourth-order valence-corrected chi connectivity index (χ4v) is 0.550. The maximum absolute atomic E-state index is 5.34. The molecular formula is C3H8NP. The molecule has 0 heterocycles. The van der Waals surface area contributed by atoms with Crippen molar-refractivity contribution < 1.29 is 0 Å². The van der Waals surface area contributed by atoms with Gasteiger partial charge in [0.25, 0.3) is 0 Å². The first-order valence-electron chi connectivity index (χ1n) is 1.82. The molecule has 0 radical (unpaired) electrons. The molecule has 1 fully saturated rings. The zero-order valence-corrected chi connectivity index (χ0v) is 4.17. The predicted octanol–water partition coefficient (Wildman–Crippen LogP) is -0.0389. The number of hydrogen-bond acceptors (Lipinski definition) is 1. The Hall–Kier alpha value is 0.390. The van der Waals surface area contributed by atoms with Gasteiger partial charge in [0, 0.05) is 6.04 Å². The molecule has 1 aliphatic carbocycles. The summed E-state index contributed by atoms with van der Waals surface area (Å²) < 4.78 is 0. The van der Waals surface area contributed by atoms with Crippen LogP contribution in [0.1, 0.15) is 6.42 Å². The Morgan fingerprint density at radius 1 is 1.80 bits per heavy atom. The van der Waals surface area contributed by atoms with Crippen LogP contribution in [0.5, 0.6) is 0 Å². The van der Waals surface area contributed by atoms with Crippen molar-refractivity contribution in [3.05, 3.63) is 0 Å². The molecule has 5 heavy (non-hydrogen) atoms. The van der Waals surface area contributed by atoms with Crippen LogP contribution in [0, 0.1) is 0 Å². The van der Waals surface area contributed by atoms with E-state index in [4.69, 9.17) is 5.73 Å². The van der Waals surface area contributed by atoms with Gasteiger partial charge in [-0.15, -0.1) is 9.24 Å². The molecule has 0 aromatic carbocycles. The quantitative estimate of drug-likeness (QED) is 0.414. The summed E-state index contributed by atoms with van der Waals surface area (Å²) in [4.78, 5) is 0. The summed E-state index contributed by atoms with van der Waals surface area (Å²) in [6.07, 6.45) is 1.21. The van der Waals surface area contributed by atoms with Crippen LogP contribution >= 0.6 is 9.24 Å². The van der Waals surface area contributed by atoms with E-state index in [1.807, 2.05) is 0 Å². The maximum Gasteiger partial charge on any atom is 0.0109 e. The Labute approximate surface area is 34.1 Å². The fraction of sp³-hybridized carbons (Fsp3) is 1.00. The number of hydrogen-bond donors (Lipinski definition) is 1. The second kappa shape index (κ2) is 0.924. The standard InChI is InChI=1S/C3H8NP/c4-2-1-3(2)5/h2-3H,1,4-5H2. The third-order valence-electron chi connectivity index (χ3n) is 0.891. The molecule has 1 saturated carbocycles. The molecule has 1 rings (SSSR count). The lowest BCUT2D eigenvalue weighted by atomic mass is 10.8. The molecule has 0 spiro atoms. The zero-order valence-electron chi connectivity index (χ0n) is 3.02. The minimum absolute atomic E-state index is 0.514. The molecule has 1 aliphatic rings. The van der Waals surface area contributed by atoms with E-state index in [1.54, 1.807) is 0 Å². The predicted molar refractivity (Wildman–Crippen MR) is 26.1 cm³/mol. The van der Waals surface area contributed by atoms with Crippen molar-refractivity contribution in [1.82, 2.24) is 0 Å². The van der Waals surface area contributed by atoms with Crippen molar-refractivity contribution in [2.24, 2.45) is 5.73 Å². The smallest absolute Gasteiger partial charge is 0.0109 e. The molecule has 2 heteroatoms. The highest BCUT2D eigenvalue weighted by molar-refractivity contribution is 7.18. The van der Waals surface area contributed by atoms with E-state index in [0.717, 1.165) is 5.66 Å². The van der Waals surface area contributed by atoms with Crippen LogP contribution in [0.25, 0.3) is 0 Å². The molecule has 0 aromatic rings. The third-order valence-corrected chi connectivity index (χ3v) is 1.66. The number of nitrogens with two attached hydrogens (primary N) is 1. The second-order valence-corrected chi connectivity index (χ2v) is 2.42. The lowest BCUT2D eigenvalue weighted by molar-refractivity contribution is 1.08. The van der Waals surface area contributed by atoms with Gasteiger partial charge in [0.15, 0.2) is 0 Å². The lowest BCUT2D eigenvalue weighted by Crippen LogP contribution is -1.99. The van der Waals surface area contributed by atoms with Gasteiger partial charge in [-0.3, -0.25) is 0 Å². The molecule has 0 aromatic heterocycles. The van der Waals surface area contributed by atoms with Crippen molar-refractivity contribution in [3.63, 3.8) is 0 Å². The topological polar surface area (TPSA) is 26.0 Å². The molecule has 3 atom stereocenters. The van der Waals surface area contributed by atoms with Crippen LogP contribution in [-0.2, 0) is 0 Å². The van der Waals surface area contributed by atoms with E-state index in [0.29, 0.717) is 6.04 Å². The van der Waals surface area contributed by atoms with Crippen LogP contribution in [0.3, 0.4) is 0 Å². The first kappa shape index (κ1) is 3.58. The minimum Gasteiger partial charge on any atom is -0.327 e. The molecule has 3 unspecified atom stereocenters. The van der Waals surface area contributed by atoms with E-state index in [1.165, 1.54) is 6.42 Å². The van der Waals surface area contributed by atoms with E-state index < -0.39 is 0 Å². The van der Waals surface area contributed by atoms with E-state index >= 15 is 0 Å². The SMILES string of the molecule is NC1CC1P. The Balaban J connectivity index is 2.20. The Morgan fingerprint density at radius 3 is 2.00 bits per heavy atom. The van der Waals surface area contributed by atoms with Crippen LogP contribution in [0.4, 0.5) is 0 Å². The average Bonchev–Trinajstić information content (AvgIpc) is 1.79. The van der Waals surface area contributed by atoms with Crippen LogP contribution < -0.4 is 5.73 Å². The van der Waals surface area contributed by atoms with Crippen LogP contribution in [0.15, 0.2) is 0 Å². The molecule has 1 nitrogen and oxygen atoms in total. The van der Waals surface area contributed by atoms with Gasteiger partial charge in [-0.1, -0.05) is 0 Å². The minimum atomic E-state index is 0.514. The van der Waals surface area contributed by atoms with Crippen molar-refractivity contribution >= 4 is 9.24 Å². The van der Waals surface area contributed by atoms with Crippen molar-refractivity contribution in [2.75, 3.05) is 0 Å². The van der Waals surface area contributed by atoms with Crippen molar-refractivity contribution in [2.45, 2.75) is 18.1 Å². The highest BCUT2D eigenvalue weighted by atomic mass is 31.0. The van der Waals surface area contributed by atoms with Gasteiger partial charge in [0.1, 0.15) is 0 Å². The Bertz CT molecular complexity index is 40.2. The second-order valence-electron chi connectivity index (χ2n) is 1.56. The highest BCUT2D eigenvalue weighted by Gasteiger charge is 2.27. The summed E-state index contributed by atoms with van der Waals surface area (Å²) in [6, 6.07) is 0.514. The summed E-state index contributed by atoms with van der Waals surface area (Å²) in [5.74, 6) is 0. The Morgan fingerprint density at radius 2 is 2.00 bits per heavy atom. The maximum atomic E-state index is 5.34. The normalized spacial score (nSPS) is 49.2. The van der Waals surface area contributed by atoms with Crippen LogP contribution in [-0.4, -0.2) is 11.7 Å². The van der Waals surface area contributed by atoms with Crippen molar-refractivity contribution in [1.29, 1.82) is 0 Å². The zero-order chi connectivity index (χ0) is 3.86. The van der Waals surface area contributed by atoms with Gasteiger partial charge in [0.2, 0.25) is 0 Å². The van der Waals surface area contributed by atoms with Gasteiger partial charge < -0.3 is 5.73 Å². The highest BCUT2D eigenvalue weighted by Crippen LogP contribution is 2.26. The largest absolute Gasteiger partial charge is 0.327 e. The van der Waals surface area contributed by atoms with E-state index in [2.05, 4.69) is 9.24 Å². The molecular weight excluding hydrogens is 81.0 g/mol. The van der Waals surface area contributed by atoms with E-state index in [-0.39, 0.29) is 0 Å². The van der Waals surface area contributed by atoms with Gasteiger partial charge in [0.05, 0.1) is 0 Å². The first-order valence-corrected chi connectivity index (χ1v) is 2.48. The summed E-state index contributed by atoms with van der Waals surface area (Å²) in [5, 5.41) is 0. The third kappa shape index (κ3) is 0.614.